The highest BCUT2D eigenvalue weighted by Gasteiger charge is 2.28. The maximum absolute atomic E-state index is 6.68. The highest BCUT2D eigenvalue weighted by atomic mass is 35.6. The van der Waals surface area contributed by atoms with Crippen LogP contribution in [0.2, 0.25) is 12.1 Å². The van der Waals surface area contributed by atoms with Crippen molar-refractivity contribution >= 4 is 24.5 Å². The Morgan fingerprint density at radius 1 is 1.20 bits per heavy atom. The third-order valence-corrected chi connectivity index (χ3v) is 9.31. The number of benzene rings is 1. The van der Waals surface area contributed by atoms with Gasteiger partial charge in [0.25, 0.3) is 0 Å². The predicted octanol–water partition coefficient (Wildman–Crippen LogP) is 4.85. The average Bonchev–Trinajstić information content (AvgIpc) is 2.29. The van der Waals surface area contributed by atoms with Gasteiger partial charge in [-0.05, 0) is 24.6 Å². The number of hydrogen-bond acceptors (Lipinski definition) is 0. The van der Waals surface area contributed by atoms with Crippen molar-refractivity contribution in [1.29, 1.82) is 0 Å². The molecule has 0 nitrogen and oxygen atoms in total. The quantitative estimate of drug-likeness (QED) is 0.520. The maximum Gasteiger partial charge on any atom is 0.182 e. The summed E-state index contributed by atoms with van der Waals surface area (Å²) in [6.45, 7) is 6.58. The molecule has 0 aromatic heterocycles. The number of rotatable bonds is 4. The first kappa shape index (κ1) is 12.5. The molecule has 0 spiro atoms. The molecule has 0 atom stereocenters. The summed E-state index contributed by atoms with van der Waals surface area (Å²) in [6, 6.07) is 12.6. The first-order valence-corrected chi connectivity index (χ1v) is 8.97. The van der Waals surface area contributed by atoms with E-state index in [2.05, 4.69) is 51.1 Å². The second kappa shape index (κ2) is 5.52. The standard InChI is InChI=1S/C13H19ClSi/c1-4-15(14,5-2)12(3)11-13-9-7-6-8-10-13/h6-11H,4-5H2,1-3H3. The van der Waals surface area contributed by atoms with E-state index in [4.69, 9.17) is 11.1 Å². The van der Waals surface area contributed by atoms with Crippen LogP contribution < -0.4 is 0 Å². The number of allylic oxidation sites excluding steroid dienone is 1. The van der Waals surface area contributed by atoms with Crippen molar-refractivity contribution in [3.8, 4) is 0 Å². The monoisotopic (exact) mass is 238 g/mol. The molecule has 0 saturated heterocycles. The third-order valence-electron chi connectivity index (χ3n) is 3.01. The normalized spacial score (nSPS) is 12.9. The van der Waals surface area contributed by atoms with E-state index >= 15 is 0 Å². The highest BCUT2D eigenvalue weighted by molar-refractivity contribution is 7.24. The van der Waals surface area contributed by atoms with E-state index in [1.54, 1.807) is 0 Å². The highest BCUT2D eigenvalue weighted by Crippen LogP contribution is 2.29. The Labute approximate surface area is 98.7 Å². The predicted molar refractivity (Wildman–Crippen MR) is 72.7 cm³/mol. The smallest absolute Gasteiger partial charge is 0.161 e. The molecule has 0 heterocycles. The summed E-state index contributed by atoms with van der Waals surface area (Å²) in [4.78, 5) is 0. The Morgan fingerprint density at radius 3 is 2.20 bits per heavy atom. The maximum atomic E-state index is 6.68. The van der Waals surface area contributed by atoms with Gasteiger partial charge in [-0.15, -0.1) is 0 Å². The van der Waals surface area contributed by atoms with Crippen LogP contribution in [0.5, 0.6) is 0 Å². The van der Waals surface area contributed by atoms with Gasteiger partial charge in [0.15, 0.2) is 7.38 Å². The zero-order valence-corrected chi connectivity index (χ0v) is 11.5. The van der Waals surface area contributed by atoms with Crippen molar-refractivity contribution in [3.05, 3.63) is 41.1 Å². The topological polar surface area (TPSA) is 0 Å². The van der Waals surface area contributed by atoms with Gasteiger partial charge in [0.1, 0.15) is 0 Å². The first-order valence-electron chi connectivity index (χ1n) is 5.55. The van der Waals surface area contributed by atoms with Gasteiger partial charge in [-0.3, -0.25) is 0 Å². The molecule has 0 saturated carbocycles. The van der Waals surface area contributed by atoms with Crippen LogP contribution in [0.15, 0.2) is 35.5 Å². The largest absolute Gasteiger partial charge is 0.182 e. The fourth-order valence-electron chi connectivity index (χ4n) is 1.74. The molecule has 82 valence electrons. The van der Waals surface area contributed by atoms with Crippen LogP contribution in [-0.4, -0.2) is 7.38 Å². The lowest BCUT2D eigenvalue weighted by Gasteiger charge is -2.22. The second-order valence-corrected chi connectivity index (χ2v) is 10.2. The molecule has 0 amide bonds. The zero-order chi connectivity index (χ0) is 11.3. The van der Waals surface area contributed by atoms with Crippen molar-refractivity contribution in [2.24, 2.45) is 0 Å². The minimum absolute atomic E-state index is 1.11. The zero-order valence-electron chi connectivity index (χ0n) is 9.76. The van der Waals surface area contributed by atoms with E-state index in [1.807, 2.05) is 6.07 Å². The summed E-state index contributed by atoms with van der Waals surface area (Å²) in [5.41, 5.74) is 1.26. The lowest BCUT2D eigenvalue weighted by Crippen LogP contribution is -2.26. The van der Waals surface area contributed by atoms with E-state index in [0.29, 0.717) is 0 Å². The van der Waals surface area contributed by atoms with Gasteiger partial charge in [-0.2, -0.15) is 11.1 Å². The molecule has 0 aliphatic carbocycles. The lowest BCUT2D eigenvalue weighted by molar-refractivity contribution is 1.29. The minimum Gasteiger partial charge on any atom is -0.161 e. The molecule has 1 aromatic rings. The molecule has 15 heavy (non-hydrogen) atoms. The number of halogens is 1. The number of hydrogen-bond donors (Lipinski definition) is 0. The third kappa shape index (κ3) is 3.22. The Kier molecular flexibility index (Phi) is 4.62. The Balaban J connectivity index is 2.93. The van der Waals surface area contributed by atoms with Crippen LogP contribution in [0.3, 0.4) is 0 Å². The van der Waals surface area contributed by atoms with Crippen LogP contribution in [0.4, 0.5) is 0 Å². The van der Waals surface area contributed by atoms with Gasteiger partial charge in [0.2, 0.25) is 0 Å². The molecule has 0 radical (unpaired) electrons. The fraction of sp³-hybridized carbons (Fsp3) is 0.385. The molecule has 0 aliphatic rings. The summed E-state index contributed by atoms with van der Waals surface area (Å²) >= 11 is 6.68. The van der Waals surface area contributed by atoms with Gasteiger partial charge in [-0.25, -0.2) is 0 Å². The van der Waals surface area contributed by atoms with Gasteiger partial charge in [0.05, 0.1) is 0 Å². The molecular weight excluding hydrogens is 220 g/mol. The van der Waals surface area contributed by atoms with Crippen LogP contribution in [0.1, 0.15) is 26.3 Å². The minimum atomic E-state index is -1.65. The Hall–Kier alpha value is -0.533. The van der Waals surface area contributed by atoms with Crippen LogP contribution >= 0.6 is 11.1 Å². The molecule has 0 N–H and O–H groups in total. The molecule has 0 unspecified atom stereocenters. The Morgan fingerprint density at radius 2 is 1.73 bits per heavy atom. The summed E-state index contributed by atoms with van der Waals surface area (Å²) in [6.07, 6.45) is 2.24. The molecule has 1 aromatic carbocycles. The summed E-state index contributed by atoms with van der Waals surface area (Å²) in [5.74, 6) is 0. The van der Waals surface area contributed by atoms with E-state index in [9.17, 15) is 0 Å². The summed E-state index contributed by atoms with van der Waals surface area (Å²) in [5, 5.41) is 1.39. The van der Waals surface area contributed by atoms with Gasteiger partial charge < -0.3 is 0 Å². The summed E-state index contributed by atoms with van der Waals surface area (Å²) in [7, 11) is -1.65. The molecule has 0 aliphatic heterocycles. The van der Waals surface area contributed by atoms with Crippen LogP contribution in [0.25, 0.3) is 6.08 Å². The van der Waals surface area contributed by atoms with Crippen LogP contribution in [-0.2, 0) is 0 Å². The van der Waals surface area contributed by atoms with Gasteiger partial charge in [-0.1, -0.05) is 55.5 Å². The van der Waals surface area contributed by atoms with E-state index in [0.717, 1.165) is 12.1 Å². The van der Waals surface area contributed by atoms with Gasteiger partial charge in [0, 0.05) is 0 Å². The molecular formula is C13H19ClSi. The molecule has 1 rings (SSSR count). The SMILES string of the molecule is CC[Si](Cl)(CC)C(C)=Cc1ccccc1. The van der Waals surface area contributed by atoms with Crippen molar-refractivity contribution in [3.63, 3.8) is 0 Å². The molecule has 0 bridgehead atoms. The second-order valence-electron chi connectivity index (χ2n) is 3.91. The van der Waals surface area contributed by atoms with Crippen molar-refractivity contribution < 1.29 is 0 Å². The summed E-state index contributed by atoms with van der Waals surface area (Å²) < 4.78 is 0. The van der Waals surface area contributed by atoms with Gasteiger partial charge >= 0.3 is 0 Å². The average molecular weight is 239 g/mol. The van der Waals surface area contributed by atoms with E-state index < -0.39 is 7.38 Å². The lowest BCUT2D eigenvalue weighted by atomic mass is 10.2. The first-order chi connectivity index (χ1) is 7.12. The van der Waals surface area contributed by atoms with Crippen molar-refractivity contribution in [1.82, 2.24) is 0 Å². The van der Waals surface area contributed by atoms with Crippen LogP contribution in [0, 0.1) is 0 Å². The fourth-order valence-corrected chi connectivity index (χ4v) is 3.94. The Bertz CT molecular complexity index is 326. The van der Waals surface area contributed by atoms with E-state index in [-0.39, 0.29) is 0 Å². The van der Waals surface area contributed by atoms with Crippen molar-refractivity contribution in [2.75, 3.05) is 0 Å². The molecule has 2 heteroatoms. The van der Waals surface area contributed by atoms with E-state index in [1.165, 1.54) is 10.8 Å². The molecule has 0 fully saturated rings. The van der Waals surface area contributed by atoms with Crippen molar-refractivity contribution in [2.45, 2.75) is 32.9 Å².